The molecule has 2 N–H and O–H groups in total. The van der Waals surface area contributed by atoms with Crippen LogP contribution in [0.5, 0.6) is 0 Å². The van der Waals surface area contributed by atoms with Crippen molar-refractivity contribution in [3.05, 3.63) is 45.1 Å². The Bertz CT molecular complexity index is 846. The van der Waals surface area contributed by atoms with Crippen LogP contribution in [0, 0.1) is 5.92 Å². The summed E-state index contributed by atoms with van der Waals surface area (Å²) in [6.45, 7) is 2.25. The van der Waals surface area contributed by atoms with Gasteiger partial charge in [-0.2, -0.15) is 0 Å². The van der Waals surface area contributed by atoms with E-state index < -0.39 is 36.4 Å². The molecule has 0 amide bonds. The first kappa shape index (κ1) is 19.9. The van der Waals surface area contributed by atoms with Crippen molar-refractivity contribution in [2.75, 3.05) is 6.61 Å². The molecule has 1 aromatic rings. The highest BCUT2D eigenvalue weighted by Crippen LogP contribution is 2.43. The molecule has 1 heterocycles. The lowest BCUT2D eigenvalue weighted by Gasteiger charge is -2.31. The zero-order valence-electron chi connectivity index (χ0n) is 13.8. The van der Waals surface area contributed by atoms with Crippen molar-refractivity contribution >= 4 is 46.8 Å². The number of benzene rings is 1. The Morgan fingerprint density at radius 3 is 2.42 bits per heavy atom. The van der Waals surface area contributed by atoms with Gasteiger partial charge in [-0.05, 0) is 18.6 Å². The monoisotopic (exact) mass is 399 g/mol. The van der Waals surface area contributed by atoms with E-state index >= 15 is 0 Å². The third-order valence-corrected chi connectivity index (χ3v) is 4.78. The molecule has 1 aliphatic rings. The van der Waals surface area contributed by atoms with E-state index in [1.54, 1.807) is 6.07 Å². The highest BCUT2D eigenvalue weighted by molar-refractivity contribution is 6.42. The molecular weight excluding hydrogens is 385 g/mol. The molecule has 2 atom stereocenters. The second-order valence-corrected chi connectivity index (χ2v) is 6.42. The smallest absolute Gasteiger partial charge is 0.334 e. The van der Waals surface area contributed by atoms with Gasteiger partial charge in [0.2, 0.25) is 0 Å². The van der Waals surface area contributed by atoms with Crippen LogP contribution in [0.4, 0.5) is 0 Å². The van der Waals surface area contributed by atoms with E-state index in [1.165, 1.54) is 26.0 Å². The standard InChI is InChI=1S/C17H15Cl2NO6/c1-7-12(16(22)23)13(9-4-3-5-10(18)15(9)19)14(17(24)25)11(20-7)6-26-8(2)21/h3-5,12-13H,6H2,1-2H3,(H,22,23)(H,24,25). The first-order valence-corrected chi connectivity index (χ1v) is 8.22. The van der Waals surface area contributed by atoms with Crippen LogP contribution in [0.15, 0.2) is 34.5 Å². The zero-order chi connectivity index (χ0) is 19.6. The molecule has 2 rings (SSSR count). The van der Waals surface area contributed by atoms with Crippen LogP contribution in [0.2, 0.25) is 10.0 Å². The SMILES string of the molecule is CC(=O)OCC1=C(C(=O)O)C(c2cccc(Cl)c2Cl)C(C(=O)O)C(C)=N1. The average molecular weight is 400 g/mol. The number of halogens is 2. The van der Waals surface area contributed by atoms with Crippen LogP contribution in [0.3, 0.4) is 0 Å². The number of aliphatic carboxylic acids is 2. The number of nitrogens with zero attached hydrogens (tertiary/aromatic N) is 1. The Kier molecular flexibility index (Phi) is 6.05. The van der Waals surface area contributed by atoms with Gasteiger partial charge in [-0.15, -0.1) is 0 Å². The molecule has 0 fully saturated rings. The third-order valence-electron chi connectivity index (χ3n) is 3.94. The number of carbonyl (C=O) groups is 3. The largest absolute Gasteiger partial charge is 0.481 e. The minimum absolute atomic E-state index is 0.0382. The maximum atomic E-state index is 11.9. The zero-order valence-corrected chi connectivity index (χ0v) is 15.3. The van der Waals surface area contributed by atoms with Gasteiger partial charge in [0, 0.05) is 18.6 Å². The van der Waals surface area contributed by atoms with Gasteiger partial charge < -0.3 is 14.9 Å². The first-order chi connectivity index (χ1) is 12.1. The first-order valence-electron chi connectivity index (χ1n) is 7.46. The number of hydrogen-bond donors (Lipinski definition) is 2. The van der Waals surface area contributed by atoms with E-state index in [4.69, 9.17) is 27.9 Å². The summed E-state index contributed by atoms with van der Waals surface area (Å²) in [4.78, 5) is 38.9. The second-order valence-electron chi connectivity index (χ2n) is 5.64. The van der Waals surface area contributed by atoms with Gasteiger partial charge in [-0.25, -0.2) is 4.79 Å². The molecule has 0 aliphatic carbocycles. The van der Waals surface area contributed by atoms with Gasteiger partial charge in [0.25, 0.3) is 0 Å². The number of esters is 1. The average Bonchev–Trinajstić information content (AvgIpc) is 2.53. The summed E-state index contributed by atoms with van der Waals surface area (Å²) < 4.78 is 4.87. The van der Waals surface area contributed by atoms with Crippen LogP contribution in [-0.2, 0) is 19.1 Å². The number of rotatable bonds is 5. The molecule has 26 heavy (non-hydrogen) atoms. The molecule has 138 valence electrons. The number of aliphatic imine (C=N–C) groups is 1. The van der Waals surface area contributed by atoms with Gasteiger partial charge >= 0.3 is 17.9 Å². The molecule has 0 aromatic heterocycles. The fraction of sp³-hybridized carbons (Fsp3) is 0.294. The topological polar surface area (TPSA) is 113 Å². The van der Waals surface area contributed by atoms with Crippen molar-refractivity contribution in [2.24, 2.45) is 10.9 Å². The number of carboxylic acid groups (broad SMARTS) is 2. The lowest BCUT2D eigenvalue weighted by molar-refractivity contribution is -0.142. The minimum atomic E-state index is -1.38. The molecule has 1 aliphatic heterocycles. The summed E-state index contributed by atoms with van der Waals surface area (Å²) >= 11 is 12.2. The van der Waals surface area contributed by atoms with Crippen molar-refractivity contribution in [1.29, 1.82) is 0 Å². The number of hydrogen-bond acceptors (Lipinski definition) is 5. The van der Waals surface area contributed by atoms with Crippen molar-refractivity contribution in [1.82, 2.24) is 0 Å². The number of carboxylic acids is 2. The van der Waals surface area contributed by atoms with E-state index in [-0.39, 0.29) is 32.6 Å². The van der Waals surface area contributed by atoms with Crippen LogP contribution in [-0.4, -0.2) is 40.4 Å². The van der Waals surface area contributed by atoms with Crippen molar-refractivity contribution in [2.45, 2.75) is 19.8 Å². The molecule has 0 saturated heterocycles. The Labute approximate surface area is 158 Å². The minimum Gasteiger partial charge on any atom is -0.481 e. The maximum Gasteiger partial charge on any atom is 0.334 e. The van der Waals surface area contributed by atoms with E-state index in [9.17, 15) is 24.6 Å². The van der Waals surface area contributed by atoms with E-state index in [0.717, 1.165) is 0 Å². The van der Waals surface area contributed by atoms with Crippen LogP contribution in [0.25, 0.3) is 0 Å². The third kappa shape index (κ3) is 3.89. The van der Waals surface area contributed by atoms with Gasteiger partial charge in [0.1, 0.15) is 12.5 Å². The fourth-order valence-electron chi connectivity index (χ4n) is 2.88. The highest BCUT2D eigenvalue weighted by atomic mass is 35.5. The maximum absolute atomic E-state index is 11.9. The van der Waals surface area contributed by atoms with Crippen molar-refractivity contribution in [3.8, 4) is 0 Å². The Balaban J connectivity index is 2.73. The molecular formula is C17H15Cl2NO6. The summed E-state index contributed by atoms with van der Waals surface area (Å²) in [6.07, 6.45) is 0. The lowest BCUT2D eigenvalue weighted by Crippen LogP contribution is -2.36. The summed E-state index contributed by atoms with van der Waals surface area (Å²) in [5.41, 5.74) is 0.0846. The predicted octanol–water partition coefficient (Wildman–Crippen LogP) is 3.15. The van der Waals surface area contributed by atoms with Gasteiger partial charge in [-0.3, -0.25) is 14.6 Å². The normalized spacial score (nSPS) is 19.8. The molecule has 0 bridgehead atoms. The van der Waals surface area contributed by atoms with Crippen LogP contribution < -0.4 is 0 Å². The summed E-state index contributed by atoms with van der Waals surface area (Å²) in [5, 5.41) is 19.6. The highest BCUT2D eigenvalue weighted by Gasteiger charge is 2.43. The summed E-state index contributed by atoms with van der Waals surface area (Å²) in [5.74, 6) is -5.64. The number of carbonyl (C=O) groups excluding carboxylic acids is 1. The number of ether oxygens (including phenoxy) is 1. The van der Waals surface area contributed by atoms with E-state index in [0.29, 0.717) is 0 Å². The predicted molar refractivity (Wildman–Crippen MR) is 94.7 cm³/mol. The van der Waals surface area contributed by atoms with Crippen LogP contribution in [0.1, 0.15) is 25.3 Å². The lowest BCUT2D eigenvalue weighted by atomic mass is 9.75. The molecule has 2 unspecified atom stereocenters. The molecule has 9 heteroatoms. The fourth-order valence-corrected chi connectivity index (χ4v) is 3.31. The van der Waals surface area contributed by atoms with E-state index in [2.05, 4.69) is 4.99 Å². The van der Waals surface area contributed by atoms with Crippen LogP contribution >= 0.6 is 23.2 Å². The van der Waals surface area contributed by atoms with Crippen molar-refractivity contribution in [3.63, 3.8) is 0 Å². The molecule has 0 radical (unpaired) electrons. The quantitative estimate of drug-likeness (QED) is 0.735. The molecule has 1 aromatic carbocycles. The second kappa shape index (κ2) is 7.88. The molecule has 0 saturated carbocycles. The summed E-state index contributed by atoms with van der Waals surface area (Å²) in [7, 11) is 0. The van der Waals surface area contributed by atoms with Gasteiger partial charge in [0.05, 0.1) is 21.3 Å². The Morgan fingerprint density at radius 1 is 1.23 bits per heavy atom. The Morgan fingerprint density at radius 2 is 1.88 bits per heavy atom. The Hall–Kier alpha value is -2.38. The molecule has 7 nitrogen and oxygen atoms in total. The summed E-state index contributed by atoms with van der Waals surface area (Å²) in [6, 6.07) is 4.57. The van der Waals surface area contributed by atoms with Gasteiger partial charge in [-0.1, -0.05) is 35.3 Å². The molecule has 0 spiro atoms. The van der Waals surface area contributed by atoms with Crippen molar-refractivity contribution < 1.29 is 29.3 Å². The van der Waals surface area contributed by atoms with E-state index in [1.807, 2.05) is 0 Å². The van der Waals surface area contributed by atoms with Gasteiger partial charge in [0.15, 0.2) is 0 Å².